The molecule has 0 rings (SSSR count). The number of rotatable bonds is 16. The van der Waals surface area contributed by atoms with Gasteiger partial charge in [0, 0.05) is 0 Å². The van der Waals surface area contributed by atoms with Gasteiger partial charge in [-0.05, 0) is 13.0 Å². The summed E-state index contributed by atoms with van der Waals surface area (Å²) in [6.07, 6.45) is 15.7. The van der Waals surface area contributed by atoms with Crippen LogP contribution < -0.4 is 29.6 Å². The Kier molecular flexibility index (Phi) is 37.4. The zero-order valence-electron chi connectivity index (χ0n) is 18.3. The second-order valence-corrected chi connectivity index (χ2v) is 10.8. The Bertz CT molecular complexity index is 282. The summed E-state index contributed by atoms with van der Waals surface area (Å²) in [4.78, 5) is 9.00. The minimum absolute atomic E-state index is 0. The molecule has 10 N–H and O–H groups in total. The predicted octanol–water partition coefficient (Wildman–Crippen LogP) is -0.523. The average molecular weight is 464 g/mol. The quantitative estimate of drug-likeness (QED) is 0.119. The first kappa shape index (κ1) is 36.2. The molecule has 0 fully saturated rings. The van der Waals surface area contributed by atoms with Crippen LogP contribution in [0.25, 0.3) is 0 Å². The summed E-state index contributed by atoms with van der Waals surface area (Å²) in [7, 11) is -2.20. The van der Waals surface area contributed by atoms with Crippen LogP contribution in [0.2, 0.25) is 0 Å². The van der Waals surface area contributed by atoms with Gasteiger partial charge in [-0.15, -0.1) is 0 Å². The lowest BCUT2D eigenvalue weighted by molar-refractivity contribution is -0.0000134. The summed E-state index contributed by atoms with van der Waals surface area (Å²) < 4.78 is 0. The van der Waals surface area contributed by atoms with Crippen molar-refractivity contribution in [2.24, 2.45) is 17.2 Å². The average Bonchev–Trinajstić information content (AvgIpc) is 2.68. The number of aliphatic hydroxyl groups excluding tert-OH is 4. The van der Waals surface area contributed by atoms with Gasteiger partial charge in [0.2, 0.25) is 0 Å². The van der Waals surface area contributed by atoms with E-state index in [0.29, 0.717) is 0 Å². The SMILES string of the molecule is CCCCCCCCCCCCCCN.NC(N)=O.OC[P+](CO)(CO)CO.[Cl-]. The fraction of sp³-hybridized carbons (Fsp3) is 0.947. The molecular weight excluding hydrogens is 417 g/mol. The van der Waals surface area contributed by atoms with E-state index >= 15 is 0 Å². The monoisotopic (exact) mass is 463 g/mol. The number of halogens is 1. The first-order valence-electron chi connectivity index (χ1n) is 10.4. The van der Waals surface area contributed by atoms with Gasteiger partial charge >= 0.3 is 6.03 Å². The van der Waals surface area contributed by atoms with Gasteiger partial charge in [-0.3, -0.25) is 0 Å². The van der Waals surface area contributed by atoms with Crippen LogP contribution in [-0.2, 0) is 0 Å². The molecule has 0 aromatic rings. The second-order valence-electron chi connectivity index (χ2n) is 6.99. The maximum Gasteiger partial charge on any atom is 0.309 e. The number of carbonyl (C=O) groups is 1. The molecule has 0 saturated carbocycles. The molecule has 0 aromatic heterocycles. The van der Waals surface area contributed by atoms with Gasteiger partial charge in [0.25, 0.3) is 0 Å². The molecule has 0 atom stereocenters. The third-order valence-corrected chi connectivity index (χ3v) is 6.66. The van der Waals surface area contributed by atoms with E-state index in [2.05, 4.69) is 18.4 Å². The van der Waals surface area contributed by atoms with E-state index in [1.807, 2.05) is 0 Å². The van der Waals surface area contributed by atoms with Gasteiger partial charge in [0.15, 0.2) is 25.4 Å². The van der Waals surface area contributed by atoms with Gasteiger partial charge in [0.05, 0.1) is 0 Å². The number of urea groups is 1. The van der Waals surface area contributed by atoms with Crippen LogP contribution in [0.1, 0.15) is 84.0 Å². The number of unbranched alkanes of at least 4 members (excludes halogenated alkanes) is 11. The Morgan fingerprint density at radius 3 is 1.07 bits per heavy atom. The van der Waals surface area contributed by atoms with Gasteiger partial charge < -0.3 is 50.0 Å². The van der Waals surface area contributed by atoms with Crippen molar-refractivity contribution in [3.63, 3.8) is 0 Å². The standard InChI is InChI=1S/C14H31N.C4H12O4P.CH4N2O.ClH/c1-2-3-4-5-6-7-8-9-10-11-12-13-14-15;5-1-9(2-6,3-7)4-8;2-1(3)4;/h2-15H2,1H3;5-8H,1-4H2;(H4,2,3,4);1H/q;+1;;/p-1. The highest BCUT2D eigenvalue weighted by Crippen LogP contribution is 2.54. The maximum absolute atomic E-state index is 9.00. The van der Waals surface area contributed by atoms with E-state index in [1.54, 1.807) is 0 Å². The first-order chi connectivity index (χ1) is 13.4. The fourth-order valence-electron chi connectivity index (χ4n) is 2.25. The molecule has 180 valence electrons. The normalized spacial score (nSPS) is 10.1. The number of hydrogen-bond acceptors (Lipinski definition) is 6. The van der Waals surface area contributed by atoms with Crippen molar-refractivity contribution in [1.29, 1.82) is 0 Å². The molecule has 0 spiro atoms. The predicted molar refractivity (Wildman–Crippen MR) is 119 cm³/mol. The smallest absolute Gasteiger partial charge is 0.309 e. The molecule has 8 nitrogen and oxygen atoms in total. The Morgan fingerprint density at radius 2 is 0.897 bits per heavy atom. The summed E-state index contributed by atoms with van der Waals surface area (Å²) in [6, 6.07) is -0.833. The van der Waals surface area contributed by atoms with E-state index in [-0.39, 0.29) is 37.8 Å². The molecule has 10 heteroatoms. The number of carbonyl (C=O) groups excluding carboxylic acids is 1. The van der Waals surface area contributed by atoms with Crippen LogP contribution in [0.5, 0.6) is 0 Å². The van der Waals surface area contributed by atoms with E-state index in [9.17, 15) is 0 Å². The zero-order valence-corrected chi connectivity index (χ0v) is 19.9. The van der Waals surface area contributed by atoms with E-state index in [0.717, 1.165) is 6.54 Å². The van der Waals surface area contributed by atoms with Crippen LogP contribution >= 0.6 is 7.26 Å². The molecule has 0 aliphatic rings. The molecule has 0 saturated heterocycles. The van der Waals surface area contributed by atoms with Crippen molar-refractivity contribution in [1.82, 2.24) is 0 Å². The van der Waals surface area contributed by atoms with Crippen LogP contribution in [0.3, 0.4) is 0 Å². The van der Waals surface area contributed by atoms with Crippen molar-refractivity contribution < 1.29 is 37.6 Å². The lowest BCUT2D eigenvalue weighted by Gasteiger charge is -2.15. The summed E-state index contributed by atoms with van der Waals surface area (Å²) in [5.41, 5.74) is 13.9. The number of nitrogens with two attached hydrogens (primary N) is 3. The van der Waals surface area contributed by atoms with Crippen molar-refractivity contribution in [2.75, 3.05) is 31.9 Å². The lowest BCUT2D eigenvalue weighted by atomic mass is 10.1. The summed E-state index contributed by atoms with van der Waals surface area (Å²) in [5, 5.41) is 34.2. The van der Waals surface area contributed by atoms with Crippen LogP contribution in [0.15, 0.2) is 0 Å². The number of aliphatic hydroxyl groups is 4. The Balaban J connectivity index is -0.000000190. The summed E-state index contributed by atoms with van der Waals surface area (Å²) in [5.74, 6) is 0. The molecule has 0 bridgehead atoms. The lowest BCUT2D eigenvalue weighted by Crippen LogP contribution is -3.00. The van der Waals surface area contributed by atoms with E-state index in [1.165, 1.54) is 77.0 Å². The Morgan fingerprint density at radius 1 is 0.655 bits per heavy atom. The van der Waals surface area contributed by atoms with Gasteiger partial charge in [-0.2, -0.15) is 0 Å². The molecule has 0 aromatic carbocycles. The number of hydrogen-bond donors (Lipinski definition) is 7. The van der Waals surface area contributed by atoms with Gasteiger partial charge in [-0.25, -0.2) is 4.79 Å². The van der Waals surface area contributed by atoms with E-state index in [4.69, 9.17) is 31.0 Å². The zero-order chi connectivity index (χ0) is 22.1. The second kappa shape index (κ2) is 30.0. The van der Waals surface area contributed by atoms with Gasteiger partial charge in [0.1, 0.15) is 7.26 Å². The number of amides is 2. The topological polar surface area (TPSA) is 176 Å². The largest absolute Gasteiger partial charge is 1.00 e. The first-order valence-corrected chi connectivity index (χ1v) is 13.0. The highest BCUT2D eigenvalue weighted by Gasteiger charge is 2.34. The Labute approximate surface area is 184 Å². The molecule has 29 heavy (non-hydrogen) atoms. The van der Waals surface area contributed by atoms with Crippen molar-refractivity contribution >= 4 is 13.3 Å². The molecule has 0 aliphatic carbocycles. The minimum Gasteiger partial charge on any atom is -1.00 e. The number of primary amides is 2. The minimum atomic E-state index is -2.20. The highest BCUT2D eigenvalue weighted by molar-refractivity contribution is 7.75. The molecular formula is C19H47ClN3O5P. The summed E-state index contributed by atoms with van der Waals surface area (Å²) >= 11 is 0. The third kappa shape index (κ3) is 32.7. The van der Waals surface area contributed by atoms with Gasteiger partial charge in [-0.1, -0.05) is 77.6 Å². The van der Waals surface area contributed by atoms with Crippen LogP contribution in [0, 0.1) is 0 Å². The maximum atomic E-state index is 9.00. The molecule has 0 heterocycles. The van der Waals surface area contributed by atoms with Crippen LogP contribution in [0.4, 0.5) is 4.79 Å². The Hall–Kier alpha value is -0.210. The molecule has 2 amide bonds. The van der Waals surface area contributed by atoms with Crippen LogP contribution in [-0.4, -0.2) is 58.4 Å². The summed E-state index contributed by atoms with van der Waals surface area (Å²) in [6.45, 7) is 3.15. The van der Waals surface area contributed by atoms with Crippen molar-refractivity contribution in [3.8, 4) is 0 Å². The molecule has 0 unspecified atom stereocenters. The third-order valence-electron chi connectivity index (χ3n) is 4.26. The van der Waals surface area contributed by atoms with E-state index < -0.39 is 13.3 Å². The highest BCUT2D eigenvalue weighted by atomic mass is 35.5. The fourth-order valence-corrected chi connectivity index (χ4v) is 2.79. The van der Waals surface area contributed by atoms with Crippen molar-refractivity contribution in [2.45, 2.75) is 84.0 Å². The van der Waals surface area contributed by atoms with Crippen molar-refractivity contribution in [3.05, 3.63) is 0 Å². The molecule has 0 radical (unpaired) electrons. The molecule has 0 aliphatic heterocycles.